The number of nitrogens with one attached hydrogen (secondary N) is 2. The van der Waals surface area contributed by atoms with Gasteiger partial charge in [-0.1, -0.05) is 33.8 Å². The van der Waals surface area contributed by atoms with Gasteiger partial charge >= 0.3 is 0 Å². The lowest BCUT2D eigenvalue weighted by Gasteiger charge is -2.34. The fourth-order valence-electron chi connectivity index (χ4n) is 2.52. The molecule has 0 aromatic rings. The lowest BCUT2D eigenvalue weighted by molar-refractivity contribution is -0.123. The van der Waals surface area contributed by atoms with Crippen molar-refractivity contribution in [1.82, 2.24) is 5.32 Å². The van der Waals surface area contributed by atoms with E-state index in [1.165, 1.54) is 0 Å². The zero-order chi connectivity index (χ0) is 13.5. The summed E-state index contributed by atoms with van der Waals surface area (Å²) in [5.41, 5.74) is 7.17. The predicted molar refractivity (Wildman–Crippen MR) is 73.8 cm³/mol. The van der Waals surface area contributed by atoms with Gasteiger partial charge in [-0.05, 0) is 30.2 Å². The maximum Gasteiger partial charge on any atom is 0.220 e. The van der Waals surface area contributed by atoms with Gasteiger partial charge in [-0.25, -0.2) is 0 Å². The fraction of sp³-hybridized carbons (Fsp3) is 0.786. The Labute approximate surface area is 106 Å². The van der Waals surface area contributed by atoms with Gasteiger partial charge in [-0.2, -0.15) is 0 Å². The summed E-state index contributed by atoms with van der Waals surface area (Å²) in [6.07, 6.45) is 4.41. The quantitative estimate of drug-likeness (QED) is 0.647. The second kappa shape index (κ2) is 6.80. The molecule has 0 saturated carbocycles. The van der Waals surface area contributed by atoms with Gasteiger partial charge in [0.05, 0.1) is 0 Å². The molecule has 0 aromatic heterocycles. The van der Waals surface area contributed by atoms with Gasteiger partial charge in [0, 0.05) is 6.42 Å². The molecule has 0 aromatic carbocycles. The van der Waals surface area contributed by atoms with Crippen molar-refractivity contribution in [1.29, 1.82) is 0 Å². The first-order chi connectivity index (χ1) is 7.72. The second-order valence-electron chi connectivity index (χ2n) is 6.27. The first-order valence-corrected chi connectivity index (χ1v) is 6.25. The number of carbonyl (C=O) groups excluding carboxylic acids is 1. The third-order valence-electron chi connectivity index (χ3n) is 2.74. The van der Waals surface area contributed by atoms with Crippen molar-refractivity contribution < 1.29 is 4.79 Å². The highest BCUT2D eigenvalue weighted by Gasteiger charge is 2.29. The van der Waals surface area contributed by atoms with Gasteiger partial charge in [0.2, 0.25) is 5.91 Å². The molecule has 3 nitrogen and oxygen atoms in total. The summed E-state index contributed by atoms with van der Waals surface area (Å²) in [5.74, 6) is 0.0525. The summed E-state index contributed by atoms with van der Waals surface area (Å²) in [6, 6.07) is 0. The van der Waals surface area contributed by atoms with E-state index < -0.39 is 0 Å². The van der Waals surface area contributed by atoms with Crippen LogP contribution in [0.15, 0.2) is 12.7 Å². The van der Waals surface area contributed by atoms with Crippen LogP contribution in [0.1, 0.15) is 47.0 Å². The lowest BCUT2D eigenvalue weighted by Crippen LogP contribution is -2.32. The summed E-state index contributed by atoms with van der Waals surface area (Å²) >= 11 is 0. The van der Waals surface area contributed by atoms with E-state index in [2.05, 4.69) is 39.6 Å². The maximum absolute atomic E-state index is 11.6. The largest absolute Gasteiger partial charge is 0.676 e. The highest BCUT2D eigenvalue weighted by molar-refractivity contribution is 5.76. The highest BCUT2D eigenvalue weighted by atomic mass is 16.1. The summed E-state index contributed by atoms with van der Waals surface area (Å²) in [6.45, 7) is 13.1. The van der Waals surface area contributed by atoms with E-state index in [0.29, 0.717) is 13.0 Å². The van der Waals surface area contributed by atoms with Crippen LogP contribution in [0.4, 0.5) is 0 Å². The van der Waals surface area contributed by atoms with E-state index >= 15 is 0 Å². The van der Waals surface area contributed by atoms with Crippen LogP contribution >= 0.6 is 0 Å². The smallest absolute Gasteiger partial charge is 0.220 e. The van der Waals surface area contributed by atoms with Crippen LogP contribution in [0.3, 0.4) is 0 Å². The van der Waals surface area contributed by atoms with Gasteiger partial charge in [0.15, 0.2) is 0 Å². The molecule has 0 aliphatic carbocycles. The zero-order valence-electron chi connectivity index (χ0n) is 11.7. The number of carbonyl (C=O) groups is 1. The van der Waals surface area contributed by atoms with E-state index in [0.717, 1.165) is 12.8 Å². The fourth-order valence-corrected chi connectivity index (χ4v) is 2.52. The molecule has 0 bridgehead atoms. The van der Waals surface area contributed by atoms with Crippen LogP contribution in [0.5, 0.6) is 0 Å². The Morgan fingerprint density at radius 1 is 1.29 bits per heavy atom. The van der Waals surface area contributed by atoms with Crippen molar-refractivity contribution in [2.24, 2.45) is 10.8 Å². The van der Waals surface area contributed by atoms with Crippen molar-refractivity contribution in [3.8, 4) is 0 Å². The monoisotopic (exact) mass is 239 g/mol. The van der Waals surface area contributed by atoms with Crippen LogP contribution in [-0.4, -0.2) is 19.0 Å². The molecule has 0 radical (unpaired) electrons. The minimum atomic E-state index is -0.0153. The van der Waals surface area contributed by atoms with E-state index in [1.54, 1.807) is 0 Å². The maximum atomic E-state index is 11.6. The summed E-state index contributed by atoms with van der Waals surface area (Å²) < 4.78 is 0. The number of hydrogen-bond donors (Lipinski definition) is 1. The molecule has 0 unspecified atom stereocenters. The average molecular weight is 239 g/mol. The zero-order valence-corrected chi connectivity index (χ0v) is 11.7. The van der Waals surface area contributed by atoms with Crippen molar-refractivity contribution in [2.75, 3.05) is 13.1 Å². The van der Waals surface area contributed by atoms with Crippen LogP contribution in [0.25, 0.3) is 5.73 Å². The number of allylic oxidation sites excluding steroid dienone is 1. The summed E-state index contributed by atoms with van der Waals surface area (Å²) in [4.78, 5) is 11.6. The Kier molecular flexibility index (Phi) is 6.46. The van der Waals surface area contributed by atoms with Gasteiger partial charge < -0.3 is 11.1 Å². The van der Waals surface area contributed by atoms with E-state index in [4.69, 9.17) is 5.73 Å². The lowest BCUT2D eigenvalue weighted by atomic mass is 9.72. The molecule has 0 rings (SSSR count). The third-order valence-corrected chi connectivity index (χ3v) is 2.74. The molecule has 0 heterocycles. The Morgan fingerprint density at radius 2 is 1.88 bits per heavy atom. The predicted octanol–water partition coefficient (Wildman–Crippen LogP) is 3.56. The molecule has 0 atom stereocenters. The van der Waals surface area contributed by atoms with Crippen LogP contribution in [0.2, 0.25) is 0 Å². The minimum Gasteiger partial charge on any atom is -0.676 e. The molecule has 100 valence electrons. The van der Waals surface area contributed by atoms with Gasteiger partial charge in [-0.3, -0.25) is 4.79 Å². The van der Waals surface area contributed by atoms with Gasteiger partial charge in [-0.15, -0.1) is 13.1 Å². The normalized spacial score (nSPS) is 12.3. The molecule has 1 amide bonds. The highest BCUT2D eigenvalue weighted by Crippen LogP contribution is 2.38. The van der Waals surface area contributed by atoms with Crippen LogP contribution in [0, 0.1) is 10.8 Å². The average Bonchev–Trinajstić information content (AvgIpc) is 2.11. The molecule has 3 heteroatoms. The van der Waals surface area contributed by atoms with E-state index in [-0.39, 0.29) is 23.3 Å². The molecule has 2 N–H and O–H groups in total. The second-order valence-corrected chi connectivity index (χ2v) is 6.27. The van der Waals surface area contributed by atoms with E-state index in [1.807, 2.05) is 6.08 Å². The molecule has 17 heavy (non-hydrogen) atoms. The Bertz CT molecular complexity index is 257. The molecular weight excluding hydrogens is 212 g/mol. The Hall–Kier alpha value is -0.830. The van der Waals surface area contributed by atoms with Crippen molar-refractivity contribution in [3.63, 3.8) is 0 Å². The minimum absolute atomic E-state index is 0.0153. The molecule has 0 aliphatic rings. The van der Waals surface area contributed by atoms with Crippen molar-refractivity contribution >= 4 is 5.91 Å². The van der Waals surface area contributed by atoms with Gasteiger partial charge in [0.25, 0.3) is 0 Å². The summed E-state index contributed by atoms with van der Waals surface area (Å²) in [5, 5.41) is 2.76. The molecule has 0 aliphatic heterocycles. The van der Waals surface area contributed by atoms with E-state index in [9.17, 15) is 4.79 Å². The van der Waals surface area contributed by atoms with Crippen molar-refractivity contribution in [2.45, 2.75) is 47.0 Å². The van der Waals surface area contributed by atoms with Crippen molar-refractivity contribution in [3.05, 3.63) is 18.4 Å². The number of hydrogen-bond acceptors (Lipinski definition) is 1. The molecular formula is C14H27N2O-. The number of rotatable bonds is 8. The first-order valence-electron chi connectivity index (χ1n) is 6.25. The third kappa shape index (κ3) is 7.97. The molecule has 0 saturated heterocycles. The standard InChI is InChI=1S/C14H27N2O/c1-6-7-13(2,3)11-14(4,5)10-12(17)16-9-8-15/h6,15H,1,7-11H2,2-5H3,(H,16,17)/q-1. The Balaban J connectivity index is 4.27. The topological polar surface area (TPSA) is 52.9 Å². The Morgan fingerprint density at radius 3 is 2.35 bits per heavy atom. The number of amides is 1. The first kappa shape index (κ1) is 16.2. The molecule has 0 fully saturated rings. The summed E-state index contributed by atoms with van der Waals surface area (Å²) in [7, 11) is 0. The van der Waals surface area contributed by atoms with Crippen LogP contribution in [-0.2, 0) is 4.79 Å². The molecule has 0 spiro atoms. The van der Waals surface area contributed by atoms with Gasteiger partial charge in [0.1, 0.15) is 0 Å². The van der Waals surface area contributed by atoms with Crippen LogP contribution < -0.4 is 5.32 Å². The SMILES string of the molecule is C=CCC(C)(C)CC(C)(C)CC(=O)NCC[NH-].